The SMILES string of the molecule is CCCCN(CC1CCCN1)c1cc(C)ccn1. The molecule has 0 radical (unpaired) electrons. The number of unbranched alkanes of at least 4 members (excludes halogenated alkanes) is 1. The van der Waals surface area contributed by atoms with Crippen LogP contribution >= 0.6 is 0 Å². The molecule has 1 fully saturated rings. The van der Waals surface area contributed by atoms with E-state index >= 15 is 0 Å². The highest BCUT2D eigenvalue weighted by molar-refractivity contribution is 5.40. The Morgan fingerprint density at radius 1 is 1.50 bits per heavy atom. The third-order valence-corrected chi connectivity index (χ3v) is 3.61. The van der Waals surface area contributed by atoms with Gasteiger partial charge in [-0.25, -0.2) is 4.98 Å². The van der Waals surface area contributed by atoms with Crippen molar-refractivity contribution in [2.24, 2.45) is 0 Å². The Kier molecular flexibility index (Phi) is 5.00. The van der Waals surface area contributed by atoms with Gasteiger partial charge in [0, 0.05) is 25.3 Å². The highest BCUT2D eigenvalue weighted by atomic mass is 15.2. The van der Waals surface area contributed by atoms with Crippen molar-refractivity contribution in [2.45, 2.75) is 45.6 Å². The van der Waals surface area contributed by atoms with E-state index in [0.29, 0.717) is 6.04 Å². The molecule has 1 aliphatic heterocycles. The molecule has 3 heteroatoms. The van der Waals surface area contributed by atoms with Gasteiger partial charge in [-0.05, 0) is 50.4 Å². The van der Waals surface area contributed by atoms with Gasteiger partial charge in [-0.2, -0.15) is 0 Å². The molecule has 1 atom stereocenters. The first-order chi connectivity index (χ1) is 8.79. The summed E-state index contributed by atoms with van der Waals surface area (Å²) in [5.74, 6) is 1.14. The van der Waals surface area contributed by atoms with Crippen molar-refractivity contribution in [3.63, 3.8) is 0 Å². The van der Waals surface area contributed by atoms with Gasteiger partial charge in [0.15, 0.2) is 0 Å². The molecule has 1 unspecified atom stereocenters. The van der Waals surface area contributed by atoms with E-state index in [0.717, 1.165) is 18.9 Å². The predicted molar refractivity (Wildman–Crippen MR) is 77.1 cm³/mol. The number of nitrogens with one attached hydrogen (secondary N) is 1. The molecule has 1 N–H and O–H groups in total. The number of anilines is 1. The maximum Gasteiger partial charge on any atom is 0.128 e. The van der Waals surface area contributed by atoms with E-state index in [9.17, 15) is 0 Å². The summed E-state index contributed by atoms with van der Waals surface area (Å²) in [4.78, 5) is 6.98. The number of aryl methyl sites for hydroxylation is 1. The largest absolute Gasteiger partial charge is 0.355 e. The number of aromatic nitrogens is 1. The standard InChI is InChI=1S/C15H25N3/c1-3-4-10-18(12-14-6-5-8-16-14)15-11-13(2)7-9-17-15/h7,9,11,14,16H,3-6,8,10,12H2,1-2H3. The van der Waals surface area contributed by atoms with Gasteiger partial charge in [0.2, 0.25) is 0 Å². The second-order valence-corrected chi connectivity index (χ2v) is 5.28. The van der Waals surface area contributed by atoms with E-state index in [2.05, 4.69) is 41.2 Å². The molecule has 0 saturated carbocycles. The number of hydrogen-bond donors (Lipinski definition) is 1. The fourth-order valence-electron chi connectivity index (χ4n) is 2.52. The Bertz CT molecular complexity index is 359. The van der Waals surface area contributed by atoms with Crippen LogP contribution in [0.15, 0.2) is 18.3 Å². The maximum absolute atomic E-state index is 4.53. The van der Waals surface area contributed by atoms with Crippen molar-refractivity contribution in [3.05, 3.63) is 23.9 Å². The average molecular weight is 247 g/mol. The summed E-state index contributed by atoms with van der Waals surface area (Å²) in [7, 11) is 0. The van der Waals surface area contributed by atoms with Gasteiger partial charge < -0.3 is 10.2 Å². The molecule has 0 aliphatic carbocycles. The number of pyridine rings is 1. The van der Waals surface area contributed by atoms with Crippen LogP contribution in [0.4, 0.5) is 5.82 Å². The summed E-state index contributed by atoms with van der Waals surface area (Å²) in [5, 5.41) is 3.58. The lowest BCUT2D eigenvalue weighted by molar-refractivity contribution is 0.569. The summed E-state index contributed by atoms with van der Waals surface area (Å²) in [5.41, 5.74) is 1.29. The summed E-state index contributed by atoms with van der Waals surface area (Å²) in [6.07, 6.45) is 7.01. The van der Waals surface area contributed by atoms with Crippen LogP contribution in [0.5, 0.6) is 0 Å². The number of nitrogens with zero attached hydrogens (tertiary/aromatic N) is 2. The molecule has 1 aromatic rings. The molecule has 0 spiro atoms. The lowest BCUT2D eigenvalue weighted by atomic mass is 10.2. The Morgan fingerprint density at radius 3 is 3.06 bits per heavy atom. The van der Waals surface area contributed by atoms with Gasteiger partial charge in [0.25, 0.3) is 0 Å². The minimum Gasteiger partial charge on any atom is -0.355 e. The molecule has 1 aliphatic rings. The summed E-state index contributed by atoms with van der Waals surface area (Å²) in [6.45, 7) is 7.77. The van der Waals surface area contributed by atoms with E-state index in [1.807, 2.05) is 6.20 Å². The fourth-order valence-corrected chi connectivity index (χ4v) is 2.52. The molecule has 100 valence electrons. The first-order valence-corrected chi connectivity index (χ1v) is 7.20. The zero-order valence-corrected chi connectivity index (χ0v) is 11.7. The van der Waals surface area contributed by atoms with Gasteiger partial charge in [-0.15, -0.1) is 0 Å². The van der Waals surface area contributed by atoms with Crippen molar-refractivity contribution < 1.29 is 0 Å². The van der Waals surface area contributed by atoms with Crippen LogP contribution in [0.1, 0.15) is 38.2 Å². The van der Waals surface area contributed by atoms with Crippen LogP contribution in [0, 0.1) is 6.92 Å². The van der Waals surface area contributed by atoms with Gasteiger partial charge in [-0.1, -0.05) is 13.3 Å². The van der Waals surface area contributed by atoms with Crippen LogP contribution in [-0.2, 0) is 0 Å². The monoisotopic (exact) mass is 247 g/mol. The average Bonchev–Trinajstić information content (AvgIpc) is 2.87. The van der Waals surface area contributed by atoms with E-state index in [4.69, 9.17) is 0 Å². The van der Waals surface area contributed by atoms with Crippen LogP contribution in [0.2, 0.25) is 0 Å². The molecular weight excluding hydrogens is 222 g/mol. The molecule has 0 amide bonds. The maximum atomic E-state index is 4.53. The van der Waals surface area contributed by atoms with Gasteiger partial charge in [0.05, 0.1) is 0 Å². The first-order valence-electron chi connectivity index (χ1n) is 7.20. The number of rotatable bonds is 6. The topological polar surface area (TPSA) is 28.2 Å². The Balaban J connectivity index is 2.03. The Morgan fingerprint density at radius 2 is 2.39 bits per heavy atom. The molecule has 1 aromatic heterocycles. The van der Waals surface area contributed by atoms with Crippen LogP contribution in [-0.4, -0.2) is 30.7 Å². The third-order valence-electron chi connectivity index (χ3n) is 3.61. The summed E-state index contributed by atoms with van der Waals surface area (Å²) < 4.78 is 0. The van der Waals surface area contributed by atoms with E-state index < -0.39 is 0 Å². The van der Waals surface area contributed by atoms with Crippen LogP contribution in [0.3, 0.4) is 0 Å². The fraction of sp³-hybridized carbons (Fsp3) is 0.667. The van der Waals surface area contributed by atoms with Crippen LogP contribution < -0.4 is 10.2 Å². The quantitative estimate of drug-likeness (QED) is 0.838. The van der Waals surface area contributed by atoms with Crippen molar-refractivity contribution in [2.75, 3.05) is 24.5 Å². The Hall–Kier alpha value is -1.09. The minimum absolute atomic E-state index is 0.643. The lowest BCUT2D eigenvalue weighted by Crippen LogP contribution is -2.38. The van der Waals surface area contributed by atoms with Crippen molar-refractivity contribution in [1.29, 1.82) is 0 Å². The van der Waals surface area contributed by atoms with E-state index in [1.165, 1.54) is 37.8 Å². The number of hydrogen-bond acceptors (Lipinski definition) is 3. The second kappa shape index (κ2) is 6.74. The molecule has 0 bridgehead atoms. The Labute approximate surface area is 111 Å². The summed E-state index contributed by atoms with van der Waals surface area (Å²) >= 11 is 0. The first kappa shape index (κ1) is 13.3. The normalized spacial score (nSPS) is 19.1. The molecule has 2 heterocycles. The molecule has 18 heavy (non-hydrogen) atoms. The zero-order valence-electron chi connectivity index (χ0n) is 11.7. The summed E-state index contributed by atoms with van der Waals surface area (Å²) in [6, 6.07) is 4.91. The smallest absolute Gasteiger partial charge is 0.128 e. The lowest BCUT2D eigenvalue weighted by Gasteiger charge is -2.27. The molecule has 0 aromatic carbocycles. The van der Waals surface area contributed by atoms with Gasteiger partial charge >= 0.3 is 0 Å². The van der Waals surface area contributed by atoms with Crippen LogP contribution in [0.25, 0.3) is 0 Å². The zero-order chi connectivity index (χ0) is 12.8. The highest BCUT2D eigenvalue weighted by Crippen LogP contribution is 2.16. The predicted octanol–water partition coefficient (Wildman–Crippen LogP) is 2.75. The third kappa shape index (κ3) is 3.70. The van der Waals surface area contributed by atoms with E-state index in [1.54, 1.807) is 0 Å². The van der Waals surface area contributed by atoms with Gasteiger partial charge in [0.1, 0.15) is 5.82 Å². The van der Waals surface area contributed by atoms with E-state index in [-0.39, 0.29) is 0 Å². The highest BCUT2D eigenvalue weighted by Gasteiger charge is 2.18. The van der Waals surface area contributed by atoms with Crippen molar-refractivity contribution in [1.82, 2.24) is 10.3 Å². The minimum atomic E-state index is 0.643. The molecule has 3 nitrogen and oxygen atoms in total. The molecule has 2 rings (SSSR count). The van der Waals surface area contributed by atoms with Gasteiger partial charge in [-0.3, -0.25) is 0 Å². The molecular formula is C15H25N3. The van der Waals surface area contributed by atoms with Crippen molar-refractivity contribution >= 4 is 5.82 Å². The molecule has 1 saturated heterocycles. The second-order valence-electron chi connectivity index (χ2n) is 5.28. The van der Waals surface area contributed by atoms with Crippen molar-refractivity contribution in [3.8, 4) is 0 Å².